The van der Waals surface area contributed by atoms with E-state index in [-0.39, 0.29) is 30.3 Å². The van der Waals surface area contributed by atoms with E-state index >= 15 is 0 Å². The van der Waals surface area contributed by atoms with Gasteiger partial charge in [0.15, 0.2) is 11.6 Å². The molecule has 8 heteroatoms. The first kappa shape index (κ1) is 19.0. The number of hydrogen-bond acceptors (Lipinski definition) is 5. The zero-order valence-electron chi connectivity index (χ0n) is 14.4. The first-order valence-electron chi connectivity index (χ1n) is 8.14. The lowest BCUT2D eigenvalue weighted by Crippen LogP contribution is -2.13. The summed E-state index contributed by atoms with van der Waals surface area (Å²) in [5.74, 6) is -0.230. The second-order valence-corrected chi connectivity index (χ2v) is 7.56. The number of anilines is 1. The second-order valence-electron chi connectivity index (χ2n) is 5.84. The van der Waals surface area contributed by atoms with E-state index < -0.39 is 0 Å². The largest absolute Gasteiger partial charge is 0.331 e. The highest BCUT2D eigenvalue weighted by molar-refractivity contribution is 7.18. The Morgan fingerprint density at radius 2 is 1.85 bits per heavy atom. The molecule has 2 aromatic heterocycles. The summed E-state index contributed by atoms with van der Waals surface area (Å²) < 4.78 is 2.19. The number of halogens is 1. The highest BCUT2D eigenvalue weighted by Crippen LogP contribution is 2.23. The van der Waals surface area contributed by atoms with Gasteiger partial charge in [0.1, 0.15) is 0 Å². The molecule has 3 aromatic rings. The Bertz CT molecular complexity index is 992. The highest BCUT2D eigenvalue weighted by Gasteiger charge is 2.14. The maximum atomic E-state index is 12.4. The van der Waals surface area contributed by atoms with E-state index in [1.165, 1.54) is 11.3 Å². The van der Waals surface area contributed by atoms with Gasteiger partial charge in [-0.05, 0) is 36.4 Å². The molecular formula is C19H16ClN3O3S. The summed E-state index contributed by atoms with van der Waals surface area (Å²) in [6.45, 7) is 0. The SMILES string of the molecule is Cn1ccnc1C(=O)c1ccc(NC(=O)CCC(=O)c2ccc(Cl)s2)cc1. The molecule has 3 rings (SSSR count). The molecule has 138 valence electrons. The summed E-state index contributed by atoms with van der Waals surface area (Å²) in [7, 11) is 1.75. The van der Waals surface area contributed by atoms with Crippen LogP contribution in [0.25, 0.3) is 0 Å². The minimum Gasteiger partial charge on any atom is -0.331 e. The van der Waals surface area contributed by atoms with E-state index in [2.05, 4.69) is 10.3 Å². The van der Waals surface area contributed by atoms with Crippen LogP contribution >= 0.6 is 22.9 Å². The van der Waals surface area contributed by atoms with E-state index in [0.717, 1.165) is 0 Å². The summed E-state index contributed by atoms with van der Waals surface area (Å²) in [5, 5.41) is 2.72. The van der Waals surface area contributed by atoms with Crippen LogP contribution in [0.15, 0.2) is 48.8 Å². The standard InChI is InChI=1S/C19H16ClN3O3S/c1-23-11-10-21-19(23)18(26)12-2-4-13(5-3-12)22-17(25)9-6-14(24)15-7-8-16(20)27-15/h2-5,7-8,10-11H,6,9H2,1H3,(H,22,25). The fraction of sp³-hybridized carbons (Fsp3) is 0.158. The number of aromatic nitrogens is 2. The van der Waals surface area contributed by atoms with E-state index in [4.69, 9.17) is 11.6 Å². The molecule has 0 bridgehead atoms. The van der Waals surface area contributed by atoms with Crippen LogP contribution in [0.1, 0.15) is 38.7 Å². The predicted octanol–water partition coefficient (Wildman–Crippen LogP) is 3.97. The lowest BCUT2D eigenvalue weighted by molar-refractivity contribution is -0.116. The van der Waals surface area contributed by atoms with E-state index in [1.54, 1.807) is 60.4 Å². The van der Waals surface area contributed by atoms with Gasteiger partial charge in [0.25, 0.3) is 0 Å². The van der Waals surface area contributed by atoms with Crippen LogP contribution < -0.4 is 5.32 Å². The number of thiophene rings is 1. The Hall–Kier alpha value is -2.77. The molecule has 0 aliphatic rings. The van der Waals surface area contributed by atoms with Gasteiger partial charge in [0.05, 0.1) is 9.21 Å². The molecule has 1 amide bonds. The lowest BCUT2D eigenvalue weighted by Gasteiger charge is -2.06. The third-order valence-electron chi connectivity index (χ3n) is 3.88. The molecule has 1 N–H and O–H groups in total. The Morgan fingerprint density at radius 3 is 2.44 bits per heavy atom. The van der Waals surface area contributed by atoms with Crippen LogP contribution in [0, 0.1) is 0 Å². The first-order valence-corrected chi connectivity index (χ1v) is 9.34. The zero-order valence-corrected chi connectivity index (χ0v) is 16.0. The average Bonchev–Trinajstić information content (AvgIpc) is 3.28. The number of carbonyl (C=O) groups is 3. The monoisotopic (exact) mass is 401 g/mol. The Labute approximate surface area is 164 Å². The number of aryl methyl sites for hydroxylation is 1. The molecule has 6 nitrogen and oxygen atoms in total. The predicted molar refractivity (Wildman–Crippen MR) is 105 cm³/mol. The van der Waals surface area contributed by atoms with Crippen molar-refractivity contribution in [2.75, 3.05) is 5.32 Å². The lowest BCUT2D eigenvalue weighted by atomic mass is 10.1. The van der Waals surface area contributed by atoms with Crippen molar-refractivity contribution in [1.82, 2.24) is 9.55 Å². The first-order chi connectivity index (χ1) is 12.9. The van der Waals surface area contributed by atoms with Gasteiger partial charge in [0.2, 0.25) is 11.7 Å². The van der Waals surface area contributed by atoms with Crippen LogP contribution in [0.3, 0.4) is 0 Å². The molecule has 0 aliphatic heterocycles. The Morgan fingerprint density at radius 1 is 1.11 bits per heavy atom. The van der Waals surface area contributed by atoms with Crippen LogP contribution in [-0.4, -0.2) is 27.0 Å². The molecule has 0 atom stereocenters. The summed E-state index contributed by atoms with van der Waals surface area (Å²) in [6, 6.07) is 9.87. The summed E-state index contributed by atoms with van der Waals surface area (Å²) in [6.07, 6.45) is 3.45. The van der Waals surface area contributed by atoms with Crippen molar-refractivity contribution in [3.05, 3.63) is 69.4 Å². The van der Waals surface area contributed by atoms with Gasteiger partial charge in [-0.15, -0.1) is 11.3 Å². The number of nitrogens with one attached hydrogen (secondary N) is 1. The highest BCUT2D eigenvalue weighted by atomic mass is 35.5. The normalized spacial score (nSPS) is 10.6. The number of ketones is 2. The van der Waals surface area contributed by atoms with Gasteiger partial charge < -0.3 is 9.88 Å². The smallest absolute Gasteiger partial charge is 0.228 e. The third kappa shape index (κ3) is 4.69. The van der Waals surface area contributed by atoms with Gasteiger partial charge in [-0.1, -0.05) is 11.6 Å². The van der Waals surface area contributed by atoms with E-state index in [1.807, 2.05) is 0 Å². The maximum absolute atomic E-state index is 12.4. The quantitative estimate of drug-likeness (QED) is 0.607. The molecule has 1 aromatic carbocycles. The molecule has 0 saturated carbocycles. The molecule has 0 unspecified atom stereocenters. The number of amides is 1. The third-order valence-corrected chi connectivity index (χ3v) is 5.15. The number of nitrogens with zero attached hydrogens (tertiary/aromatic N) is 2. The zero-order chi connectivity index (χ0) is 19.4. The number of imidazole rings is 1. The molecule has 0 aliphatic carbocycles. The molecule has 0 spiro atoms. The number of hydrogen-bond donors (Lipinski definition) is 1. The van der Waals surface area contributed by atoms with Gasteiger partial charge in [-0.3, -0.25) is 14.4 Å². The fourth-order valence-electron chi connectivity index (χ4n) is 2.46. The van der Waals surface area contributed by atoms with Crippen molar-refractivity contribution in [2.45, 2.75) is 12.8 Å². The molecule has 2 heterocycles. The number of carbonyl (C=O) groups excluding carboxylic acids is 3. The van der Waals surface area contributed by atoms with Crippen molar-refractivity contribution in [3.63, 3.8) is 0 Å². The summed E-state index contributed by atoms with van der Waals surface area (Å²) >= 11 is 7.01. The van der Waals surface area contributed by atoms with Crippen LogP contribution in [0.2, 0.25) is 4.34 Å². The van der Waals surface area contributed by atoms with Crippen molar-refractivity contribution in [3.8, 4) is 0 Å². The number of rotatable bonds is 7. The van der Waals surface area contributed by atoms with Gasteiger partial charge in [-0.25, -0.2) is 4.98 Å². The number of Topliss-reactive ketones (excluding diaryl/α,β-unsaturated/α-hetero) is 1. The summed E-state index contributed by atoms with van der Waals surface area (Å²) in [4.78, 5) is 41.0. The maximum Gasteiger partial charge on any atom is 0.228 e. The minimum atomic E-state index is -0.269. The molecule has 0 saturated heterocycles. The number of benzene rings is 1. The molecular weight excluding hydrogens is 386 g/mol. The van der Waals surface area contributed by atoms with Gasteiger partial charge in [0, 0.05) is 43.5 Å². The Balaban J connectivity index is 1.55. The van der Waals surface area contributed by atoms with Crippen LogP contribution in [0.4, 0.5) is 5.69 Å². The minimum absolute atomic E-state index is 0.0717. The van der Waals surface area contributed by atoms with Crippen molar-refractivity contribution in [1.29, 1.82) is 0 Å². The van der Waals surface area contributed by atoms with Crippen molar-refractivity contribution in [2.24, 2.45) is 7.05 Å². The van der Waals surface area contributed by atoms with Crippen molar-refractivity contribution >= 4 is 46.1 Å². The Kier molecular flexibility index (Phi) is 5.83. The van der Waals surface area contributed by atoms with E-state index in [0.29, 0.717) is 26.3 Å². The average molecular weight is 402 g/mol. The van der Waals surface area contributed by atoms with Crippen LogP contribution in [-0.2, 0) is 11.8 Å². The van der Waals surface area contributed by atoms with Crippen LogP contribution in [0.5, 0.6) is 0 Å². The molecule has 0 radical (unpaired) electrons. The van der Waals surface area contributed by atoms with Gasteiger partial charge >= 0.3 is 0 Å². The summed E-state index contributed by atoms with van der Waals surface area (Å²) in [5.41, 5.74) is 1.04. The molecule has 27 heavy (non-hydrogen) atoms. The van der Waals surface area contributed by atoms with Crippen molar-refractivity contribution < 1.29 is 14.4 Å². The molecule has 0 fully saturated rings. The fourth-order valence-corrected chi connectivity index (χ4v) is 3.47. The second kappa shape index (κ2) is 8.28. The van der Waals surface area contributed by atoms with E-state index in [9.17, 15) is 14.4 Å². The van der Waals surface area contributed by atoms with Gasteiger partial charge in [-0.2, -0.15) is 0 Å². The topological polar surface area (TPSA) is 81.1 Å².